The highest BCUT2D eigenvalue weighted by Crippen LogP contribution is 2.19. The summed E-state index contributed by atoms with van der Waals surface area (Å²) >= 11 is 6.06. The van der Waals surface area contributed by atoms with Gasteiger partial charge in [-0.1, -0.05) is 54.9 Å². The fourth-order valence-electron chi connectivity index (χ4n) is 3.88. The summed E-state index contributed by atoms with van der Waals surface area (Å²) < 4.78 is 0. The number of likely N-dealkylation sites (tertiary alicyclic amines) is 1. The molecule has 3 rings (SSSR count). The topological polar surface area (TPSA) is 61.4 Å². The molecule has 0 aromatic heterocycles. The van der Waals surface area contributed by atoms with Crippen molar-refractivity contribution >= 4 is 23.4 Å². The van der Waals surface area contributed by atoms with Crippen molar-refractivity contribution in [2.24, 2.45) is 5.92 Å². The number of amides is 2. The zero-order chi connectivity index (χ0) is 21.5. The third-order valence-corrected chi connectivity index (χ3v) is 5.90. The molecule has 0 spiro atoms. The fourth-order valence-corrected chi connectivity index (χ4v) is 4.10. The van der Waals surface area contributed by atoms with Gasteiger partial charge in [-0.05, 0) is 55.5 Å². The molecule has 1 aliphatic heterocycles. The summed E-state index contributed by atoms with van der Waals surface area (Å²) in [5.74, 6) is 0.146. The molecule has 2 atom stereocenters. The molecule has 0 saturated carbocycles. The summed E-state index contributed by atoms with van der Waals surface area (Å²) in [5.41, 5.74) is 2.70. The SMILES string of the molecule is C[C@@H]1CCCN(Cc2ccccc2CNC(=O)[C@@H](C)NC(=O)c2ccccc2Cl)C1. The standard InChI is InChI=1S/C24H30ClN3O2/c1-17-8-7-13-28(15-17)16-20-10-4-3-9-19(20)14-26-23(29)18(2)27-24(30)21-11-5-6-12-22(21)25/h3-6,9-12,17-18H,7-8,13-16H2,1-2H3,(H,26,29)(H,27,30)/t17-,18-/m1/s1. The maximum atomic E-state index is 12.5. The Morgan fingerprint density at radius 3 is 2.57 bits per heavy atom. The first-order valence-corrected chi connectivity index (χ1v) is 10.9. The third-order valence-electron chi connectivity index (χ3n) is 5.57. The number of nitrogens with one attached hydrogen (secondary N) is 2. The molecule has 0 aliphatic carbocycles. The number of carbonyl (C=O) groups excluding carboxylic acids is 2. The molecule has 1 saturated heterocycles. The van der Waals surface area contributed by atoms with Gasteiger partial charge in [-0.15, -0.1) is 0 Å². The van der Waals surface area contributed by atoms with Gasteiger partial charge in [0, 0.05) is 19.6 Å². The van der Waals surface area contributed by atoms with E-state index in [1.807, 2.05) is 12.1 Å². The number of carbonyl (C=O) groups is 2. The van der Waals surface area contributed by atoms with Gasteiger partial charge in [0.25, 0.3) is 5.91 Å². The van der Waals surface area contributed by atoms with E-state index >= 15 is 0 Å². The first kappa shape index (κ1) is 22.3. The minimum atomic E-state index is -0.663. The molecular formula is C24H30ClN3O2. The fraction of sp³-hybridized carbons (Fsp3) is 0.417. The van der Waals surface area contributed by atoms with E-state index in [1.54, 1.807) is 31.2 Å². The van der Waals surface area contributed by atoms with Crippen LogP contribution in [0.4, 0.5) is 0 Å². The summed E-state index contributed by atoms with van der Waals surface area (Å²) in [6.07, 6.45) is 2.54. The highest BCUT2D eigenvalue weighted by molar-refractivity contribution is 6.33. The number of piperidine rings is 1. The van der Waals surface area contributed by atoms with Crippen LogP contribution in [0.15, 0.2) is 48.5 Å². The molecule has 1 aliphatic rings. The lowest BCUT2D eigenvalue weighted by Gasteiger charge is -2.31. The average Bonchev–Trinajstić information content (AvgIpc) is 2.73. The molecule has 2 aromatic rings. The predicted octanol–water partition coefficient (Wildman–Crippen LogP) is 4.01. The predicted molar refractivity (Wildman–Crippen MR) is 120 cm³/mol. The van der Waals surface area contributed by atoms with Crippen LogP contribution in [0.2, 0.25) is 5.02 Å². The summed E-state index contributed by atoms with van der Waals surface area (Å²) in [5, 5.41) is 6.03. The van der Waals surface area contributed by atoms with Crippen molar-refractivity contribution in [3.63, 3.8) is 0 Å². The van der Waals surface area contributed by atoms with Crippen molar-refractivity contribution < 1.29 is 9.59 Å². The molecule has 0 bridgehead atoms. The maximum absolute atomic E-state index is 12.5. The van der Waals surface area contributed by atoms with Crippen LogP contribution in [0.3, 0.4) is 0 Å². The van der Waals surface area contributed by atoms with Crippen LogP contribution in [-0.2, 0) is 17.9 Å². The summed E-state index contributed by atoms with van der Waals surface area (Å²) in [7, 11) is 0. The monoisotopic (exact) mass is 427 g/mol. The molecule has 160 valence electrons. The largest absolute Gasteiger partial charge is 0.350 e. The smallest absolute Gasteiger partial charge is 0.253 e. The Morgan fingerprint density at radius 1 is 1.13 bits per heavy atom. The van der Waals surface area contributed by atoms with Gasteiger partial charge in [0.05, 0.1) is 10.6 Å². The number of hydrogen-bond acceptors (Lipinski definition) is 3. The van der Waals surface area contributed by atoms with E-state index in [0.717, 1.165) is 31.1 Å². The Bertz CT molecular complexity index is 886. The van der Waals surface area contributed by atoms with Crippen molar-refractivity contribution in [1.82, 2.24) is 15.5 Å². The van der Waals surface area contributed by atoms with Crippen LogP contribution in [0.1, 0.15) is 48.2 Å². The van der Waals surface area contributed by atoms with Gasteiger partial charge in [0.15, 0.2) is 0 Å². The lowest BCUT2D eigenvalue weighted by Crippen LogP contribution is -2.44. The van der Waals surface area contributed by atoms with Crippen LogP contribution >= 0.6 is 11.6 Å². The van der Waals surface area contributed by atoms with E-state index < -0.39 is 6.04 Å². The number of hydrogen-bond donors (Lipinski definition) is 2. The van der Waals surface area contributed by atoms with Gasteiger partial charge in [0.1, 0.15) is 6.04 Å². The Labute approximate surface area is 183 Å². The minimum absolute atomic E-state index is 0.225. The lowest BCUT2D eigenvalue weighted by atomic mass is 9.99. The Balaban J connectivity index is 1.55. The molecule has 0 radical (unpaired) electrons. The zero-order valence-corrected chi connectivity index (χ0v) is 18.4. The van der Waals surface area contributed by atoms with Gasteiger partial charge in [-0.2, -0.15) is 0 Å². The van der Waals surface area contributed by atoms with Gasteiger partial charge >= 0.3 is 0 Å². The van der Waals surface area contributed by atoms with Crippen LogP contribution in [0.25, 0.3) is 0 Å². The van der Waals surface area contributed by atoms with Crippen molar-refractivity contribution in [3.8, 4) is 0 Å². The van der Waals surface area contributed by atoms with Crippen LogP contribution in [-0.4, -0.2) is 35.8 Å². The maximum Gasteiger partial charge on any atom is 0.253 e. The van der Waals surface area contributed by atoms with Crippen LogP contribution in [0.5, 0.6) is 0 Å². The molecule has 2 amide bonds. The zero-order valence-electron chi connectivity index (χ0n) is 17.7. The normalized spacial score (nSPS) is 17.9. The number of halogens is 1. The van der Waals surface area contributed by atoms with Crippen molar-refractivity contribution in [2.45, 2.75) is 45.8 Å². The lowest BCUT2D eigenvalue weighted by molar-refractivity contribution is -0.122. The molecular weight excluding hydrogens is 398 g/mol. The first-order chi connectivity index (χ1) is 14.4. The highest BCUT2D eigenvalue weighted by atomic mass is 35.5. The molecule has 30 heavy (non-hydrogen) atoms. The summed E-state index contributed by atoms with van der Waals surface area (Å²) in [6, 6.07) is 14.3. The minimum Gasteiger partial charge on any atom is -0.350 e. The van der Waals surface area contributed by atoms with E-state index in [-0.39, 0.29) is 11.8 Å². The molecule has 2 aromatic carbocycles. The number of rotatable bonds is 7. The molecule has 6 heteroatoms. The summed E-state index contributed by atoms with van der Waals surface area (Å²) in [4.78, 5) is 27.4. The van der Waals surface area contributed by atoms with Crippen molar-refractivity contribution in [2.75, 3.05) is 13.1 Å². The quantitative estimate of drug-likeness (QED) is 0.701. The molecule has 2 N–H and O–H groups in total. The van der Waals surface area contributed by atoms with E-state index in [0.29, 0.717) is 17.1 Å². The second-order valence-electron chi connectivity index (χ2n) is 8.14. The van der Waals surface area contributed by atoms with Gasteiger partial charge < -0.3 is 10.6 Å². The van der Waals surface area contributed by atoms with Gasteiger partial charge in [0.2, 0.25) is 5.91 Å². The number of benzene rings is 2. The number of nitrogens with zero attached hydrogens (tertiary/aromatic N) is 1. The highest BCUT2D eigenvalue weighted by Gasteiger charge is 2.19. The molecule has 5 nitrogen and oxygen atoms in total. The first-order valence-electron chi connectivity index (χ1n) is 10.6. The van der Waals surface area contributed by atoms with Crippen LogP contribution in [0, 0.1) is 5.92 Å². The van der Waals surface area contributed by atoms with E-state index in [9.17, 15) is 9.59 Å². The molecule has 1 fully saturated rings. The van der Waals surface area contributed by atoms with E-state index in [1.165, 1.54) is 18.4 Å². The van der Waals surface area contributed by atoms with E-state index in [4.69, 9.17) is 11.6 Å². The Hall–Kier alpha value is -2.37. The van der Waals surface area contributed by atoms with Crippen molar-refractivity contribution in [3.05, 3.63) is 70.2 Å². The van der Waals surface area contributed by atoms with E-state index in [2.05, 4.69) is 34.6 Å². The average molecular weight is 428 g/mol. The molecule has 0 unspecified atom stereocenters. The Kier molecular flexibility index (Phi) is 7.88. The van der Waals surface area contributed by atoms with Gasteiger partial charge in [-0.25, -0.2) is 0 Å². The van der Waals surface area contributed by atoms with Crippen LogP contribution < -0.4 is 10.6 Å². The van der Waals surface area contributed by atoms with Gasteiger partial charge in [-0.3, -0.25) is 14.5 Å². The summed E-state index contributed by atoms with van der Waals surface area (Å²) in [6.45, 7) is 7.55. The molecule has 1 heterocycles. The second-order valence-corrected chi connectivity index (χ2v) is 8.55. The Morgan fingerprint density at radius 2 is 1.83 bits per heavy atom. The second kappa shape index (κ2) is 10.6. The third kappa shape index (κ3) is 6.07. The van der Waals surface area contributed by atoms with Crippen molar-refractivity contribution in [1.29, 1.82) is 0 Å².